The molecule has 8 heteroatoms. The number of halogens is 1. The van der Waals surface area contributed by atoms with Crippen LogP contribution in [0.1, 0.15) is 6.92 Å². The molecule has 2 rings (SSSR count). The first-order chi connectivity index (χ1) is 9.50. The first-order valence-electron chi connectivity index (χ1n) is 6.41. The summed E-state index contributed by atoms with van der Waals surface area (Å²) >= 11 is 5.89. The highest BCUT2D eigenvalue weighted by atomic mass is 35.5. The second-order valence-corrected chi connectivity index (χ2v) is 6.80. The van der Waals surface area contributed by atoms with Crippen LogP contribution in [0.2, 0.25) is 5.02 Å². The lowest BCUT2D eigenvalue weighted by atomic mass is 10.2. The highest BCUT2D eigenvalue weighted by Crippen LogP contribution is 2.18. The fraction of sp³-hybridized carbons (Fsp3) is 0.583. The number of nitrogens with zero attached hydrogens (tertiary/aromatic N) is 2. The predicted octanol–water partition coefficient (Wildman–Crippen LogP) is 0.734. The Morgan fingerprint density at radius 3 is 2.85 bits per heavy atom. The zero-order chi connectivity index (χ0) is 14.6. The van der Waals surface area contributed by atoms with Gasteiger partial charge in [0, 0.05) is 38.1 Å². The van der Waals surface area contributed by atoms with Crippen molar-refractivity contribution in [1.82, 2.24) is 14.6 Å². The van der Waals surface area contributed by atoms with Gasteiger partial charge in [0.05, 0.1) is 18.2 Å². The molecule has 1 aliphatic heterocycles. The molecule has 0 spiro atoms. The minimum Gasteiger partial charge on any atom is -0.379 e. The third-order valence-corrected chi connectivity index (χ3v) is 5.15. The Morgan fingerprint density at radius 2 is 2.20 bits per heavy atom. The van der Waals surface area contributed by atoms with Gasteiger partial charge in [-0.3, -0.25) is 9.88 Å². The third kappa shape index (κ3) is 3.89. The van der Waals surface area contributed by atoms with Crippen molar-refractivity contribution in [3.8, 4) is 0 Å². The van der Waals surface area contributed by atoms with Gasteiger partial charge in [0.2, 0.25) is 10.0 Å². The van der Waals surface area contributed by atoms with Crippen LogP contribution in [-0.2, 0) is 14.8 Å². The van der Waals surface area contributed by atoms with Gasteiger partial charge in [-0.25, -0.2) is 13.1 Å². The number of rotatable bonds is 5. The smallest absolute Gasteiger partial charge is 0.243 e. The number of hydrogen-bond donors (Lipinski definition) is 1. The van der Waals surface area contributed by atoms with E-state index in [1.807, 2.05) is 6.92 Å². The van der Waals surface area contributed by atoms with Crippen molar-refractivity contribution < 1.29 is 13.2 Å². The summed E-state index contributed by atoms with van der Waals surface area (Å²) in [4.78, 5) is 6.00. The monoisotopic (exact) mass is 319 g/mol. The molecular formula is C12H18ClN3O3S. The molecule has 0 aliphatic carbocycles. The Hall–Kier alpha value is -0.730. The van der Waals surface area contributed by atoms with Crippen LogP contribution < -0.4 is 4.72 Å². The van der Waals surface area contributed by atoms with Gasteiger partial charge in [-0.05, 0) is 13.0 Å². The molecule has 20 heavy (non-hydrogen) atoms. The van der Waals surface area contributed by atoms with E-state index in [1.165, 1.54) is 18.5 Å². The fourth-order valence-corrected chi connectivity index (χ4v) is 3.57. The summed E-state index contributed by atoms with van der Waals surface area (Å²) in [7, 11) is -3.63. The minimum absolute atomic E-state index is 0.0100. The number of sulfonamides is 1. The maximum Gasteiger partial charge on any atom is 0.243 e. The van der Waals surface area contributed by atoms with E-state index in [4.69, 9.17) is 16.3 Å². The van der Waals surface area contributed by atoms with Crippen LogP contribution >= 0.6 is 11.6 Å². The maximum atomic E-state index is 12.2. The zero-order valence-electron chi connectivity index (χ0n) is 11.3. The number of morpholine rings is 1. The summed E-state index contributed by atoms with van der Waals surface area (Å²) in [5.74, 6) is 0. The molecule has 112 valence electrons. The molecule has 0 radical (unpaired) electrons. The van der Waals surface area contributed by atoms with Gasteiger partial charge < -0.3 is 4.74 Å². The quantitative estimate of drug-likeness (QED) is 0.866. The average Bonchev–Trinajstić information content (AvgIpc) is 2.46. The van der Waals surface area contributed by atoms with Gasteiger partial charge in [0.1, 0.15) is 4.90 Å². The summed E-state index contributed by atoms with van der Waals surface area (Å²) in [5, 5.41) is 0.173. The normalized spacial score (nSPS) is 18.9. The van der Waals surface area contributed by atoms with Crippen LogP contribution in [0, 0.1) is 0 Å². The lowest BCUT2D eigenvalue weighted by Crippen LogP contribution is -2.47. The fourth-order valence-electron chi connectivity index (χ4n) is 2.02. The summed E-state index contributed by atoms with van der Waals surface area (Å²) < 4.78 is 32.2. The van der Waals surface area contributed by atoms with Crippen molar-refractivity contribution in [2.24, 2.45) is 0 Å². The lowest BCUT2D eigenvalue weighted by Gasteiger charge is -2.32. The van der Waals surface area contributed by atoms with Crippen LogP contribution in [0.25, 0.3) is 0 Å². The summed E-state index contributed by atoms with van der Waals surface area (Å²) in [6, 6.07) is 1.56. The molecular weight excluding hydrogens is 302 g/mol. The largest absolute Gasteiger partial charge is 0.379 e. The third-order valence-electron chi connectivity index (χ3n) is 3.26. The van der Waals surface area contributed by atoms with E-state index in [0.29, 0.717) is 19.8 Å². The molecule has 0 bridgehead atoms. The second kappa shape index (κ2) is 6.82. The number of nitrogens with one attached hydrogen (secondary N) is 1. The highest BCUT2D eigenvalue weighted by Gasteiger charge is 2.22. The number of ether oxygens (including phenoxy) is 1. The van der Waals surface area contributed by atoms with Gasteiger partial charge in [0.25, 0.3) is 0 Å². The van der Waals surface area contributed by atoms with E-state index in [9.17, 15) is 8.42 Å². The molecule has 2 heterocycles. The van der Waals surface area contributed by atoms with Gasteiger partial charge in [-0.1, -0.05) is 11.6 Å². The molecule has 0 unspecified atom stereocenters. The number of hydrogen-bond acceptors (Lipinski definition) is 5. The first kappa shape index (κ1) is 15.7. The van der Waals surface area contributed by atoms with Crippen molar-refractivity contribution in [3.63, 3.8) is 0 Å². The Balaban J connectivity index is 1.97. The number of pyridine rings is 1. The van der Waals surface area contributed by atoms with Gasteiger partial charge in [-0.15, -0.1) is 0 Å². The van der Waals surface area contributed by atoms with Gasteiger partial charge in [-0.2, -0.15) is 0 Å². The number of aromatic nitrogens is 1. The van der Waals surface area contributed by atoms with Crippen molar-refractivity contribution in [1.29, 1.82) is 0 Å². The Morgan fingerprint density at radius 1 is 1.50 bits per heavy atom. The van der Waals surface area contributed by atoms with Gasteiger partial charge in [0.15, 0.2) is 0 Å². The molecule has 6 nitrogen and oxygen atoms in total. The molecule has 1 N–H and O–H groups in total. The van der Waals surface area contributed by atoms with Crippen molar-refractivity contribution in [2.45, 2.75) is 17.9 Å². The van der Waals surface area contributed by atoms with Crippen LogP contribution in [0.15, 0.2) is 23.4 Å². The summed E-state index contributed by atoms with van der Waals surface area (Å²) in [5.41, 5.74) is 0. The van der Waals surface area contributed by atoms with Gasteiger partial charge >= 0.3 is 0 Å². The SMILES string of the molecule is C[C@H](CNS(=O)(=O)c1cnccc1Cl)N1CCOCC1. The lowest BCUT2D eigenvalue weighted by molar-refractivity contribution is 0.0213. The van der Waals surface area contributed by atoms with Crippen LogP contribution in [0.3, 0.4) is 0 Å². The molecule has 1 atom stereocenters. The topological polar surface area (TPSA) is 71.5 Å². The highest BCUT2D eigenvalue weighted by molar-refractivity contribution is 7.89. The standard InChI is InChI=1S/C12H18ClN3O3S/c1-10(16-4-6-19-7-5-16)8-15-20(17,18)12-9-14-3-2-11(12)13/h2-3,9-10,15H,4-8H2,1H3/t10-/m1/s1. The molecule has 1 fully saturated rings. The van der Waals surface area contributed by atoms with E-state index in [-0.39, 0.29) is 16.0 Å². The molecule has 0 saturated carbocycles. The maximum absolute atomic E-state index is 12.2. The predicted molar refractivity (Wildman–Crippen MR) is 76.3 cm³/mol. The van der Waals surface area contributed by atoms with E-state index in [0.717, 1.165) is 13.1 Å². The second-order valence-electron chi connectivity index (χ2n) is 4.66. The Kier molecular flexibility index (Phi) is 5.34. The minimum atomic E-state index is -3.63. The van der Waals surface area contributed by atoms with Crippen molar-refractivity contribution in [2.75, 3.05) is 32.8 Å². The Labute approximate surface area is 124 Å². The Bertz CT molecular complexity index is 547. The van der Waals surface area contributed by atoms with Crippen LogP contribution in [0.4, 0.5) is 0 Å². The molecule has 1 aromatic rings. The molecule has 0 aromatic carbocycles. The summed E-state index contributed by atoms with van der Waals surface area (Å²) in [6.45, 7) is 5.32. The molecule has 1 aliphatic rings. The van der Waals surface area contributed by atoms with Crippen LogP contribution in [-0.4, -0.2) is 57.2 Å². The first-order valence-corrected chi connectivity index (χ1v) is 8.28. The van der Waals surface area contributed by atoms with Crippen molar-refractivity contribution >= 4 is 21.6 Å². The van der Waals surface area contributed by atoms with E-state index in [2.05, 4.69) is 14.6 Å². The zero-order valence-corrected chi connectivity index (χ0v) is 12.8. The van der Waals surface area contributed by atoms with Crippen LogP contribution in [0.5, 0.6) is 0 Å². The summed E-state index contributed by atoms with van der Waals surface area (Å²) in [6.07, 6.45) is 2.71. The van der Waals surface area contributed by atoms with E-state index < -0.39 is 10.0 Å². The van der Waals surface area contributed by atoms with Crippen molar-refractivity contribution in [3.05, 3.63) is 23.5 Å². The molecule has 1 aromatic heterocycles. The molecule has 0 amide bonds. The molecule has 1 saturated heterocycles. The van der Waals surface area contributed by atoms with E-state index >= 15 is 0 Å². The van der Waals surface area contributed by atoms with E-state index in [1.54, 1.807) is 0 Å². The average molecular weight is 320 g/mol.